The lowest BCUT2D eigenvalue weighted by molar-refractivity contribution is -0.192. The molecule has 0 aliphatic heterocycles. The van der Waals surface area contributed by atoms with Gasteiger partial charge in [-0.3, -0.25) is 0 Å². The minimum atomic E-state index is -5.08. The second-order valence-electron chi connectivity index (χ2n) is 5.75. The Balaban J connectivity index is 0.000000351. The number of phenols is 2. The van der Waals surface area contributed by atoms with Crippen LogP contribution in [0.5, 0.6) is 11.5 Å². The van der Waals surface area contributed by atoms with Crippen LogP contribution in [0.1, 0.15) is 37.5 Å². The summed E-state index contributed by atoms with van der Waals surface area (Å²) >= 11 is 0. The second kappa shape index (κ2) is 7.71. The summed E-state index contributed by atoms with van der Waals surface area (Å²) in [4.78, 5) is 8.90. The van der Waals surface area contributed by atoms with Crippen molar-refractivity contribution in [1.29, 1.82) is 0 Å². The van der Waals surface area contributed by atoms with E-state index in [1.807, 2.05) is 13.8 Å². The molecule has 0 unspecified atom stereocenters. The van der Waals surface area contributed by atoms with E-state index in [1.165, 1.54) is 6.07 Å². The number of alkyl halides is 3. The van der Waals surface area contributed by atoms with Crippen molar-refractivity contribution in [3.05, 3.63) is 23.3 Å². The predicted molar refractivity (Wildman–Crippen MR) is 78.8 cm³/mol. The van der Waals surface area contributed by atoms with Gasteiger partial charge in [0.2, 0.25) is 0 Å². The van der Waals surface area contributed by atoms with Gasteiger partial charge in [-0.2, -0.15) is 13.2 Å². The predicted octanol–water partition coefficient (Wildman–Crippen LogP) is 2.08. The third kappa shape index (κ3) is 5.27. The first-order valence-electron chi connectivity index (χ1n) is 7.22. The quantitative estimate of drug-likeness (QED) is 0.522. The Morgan fingerprint density at radius 3 is 2.21 bits per heavy atom. The monoisotopic (exact) mass is 351 g/mol. The van der Waals surface area contributed by atoms with Crippen LogP contribution in [0.3, 0.4) is 0 Å². The van der Waals surface area contributed by atoms with E-state index in [4.69, 9.17) is 9.90 Å². The highest BCUT2D eigenvalue weighted by atomic mass is 19.4. The number of aliphatic hydroxyl groups excluding tert-OH is 1. The topological polar surface area (TPSA) is 110 Å². The van der Waals surface area contributed by atoms with Crippen LogP contribution < -0.4 is 5.32 Å². The van der Waals surface area contributed by atoms with Crippen molar-refractivity contribution in [2.45, 2.75) is 51.1 Å². The number of fused-ring (bicyclic) bond motifs is 1. The maximum Gasteiger partial charge on any atom is 0.490 e. The Kier molecular flexibility index (Phi) is 6.44. The number of aromatic hydroxyl groups is 2. The van der Waals surface area contributed by atoms with E-state index in [1.54, 1.807) is 6.07 Å². The number of carbonyl (C=O) groups is 1. The van der Waals surface area contributed by atoms with Crippen molar-refractivity contribution in [1.82, 2.24) is 5.32 Å². The van der Waals surface area contributed by atoms with Gasteiger partial charge >= 0.3 is 12.1 Å². The Hall–Kier alpha value is -2.00. The lowest BCUT2D eigenvalue weighted by atomic mass is 9.85. The number of carboxylic acids is 1. The molecule has 1 aliphatic rings. The van der Waals surface area contributed by atoms with Crippen molar-refractivity contribution in [2.24, 2.45) is 0 Å². The Morgan fingerprint density at radius 1 is 1.25 bits per heavy atom. The molecule has 5 N–H and O–H groups in total. The van der Waals surface area contributed by atoms with E-state index >= 15 is 0 Å². The minimum absolute atomic E-state index is 0.00597. The molecule has 1 aromatic carbocycles. The third-order valence-corrected chi connectivity index (χ3v) is 3.45. The van der Waals surface area contributed by atoms with E-state index in [9.17, 15) is 28.5 Å². The molecule has 0 saturated heterocycles. The first kappa shape index (κ1) is 20.0. The van der Waals surface area contributed by atoms with Crippen LogP contribution in [0.15, 0.2) is 12.1 Å². The molecule has 0 bridgehead atoms. The average molecular weight is 351 g/mol. The summed E-state index contributed by atoms with van der Waals surface area (Å²) in [5.74, 6) is -3.05. The van der Waals surface area contributed by atoms with Gasteiger partial charge < -0.3 is 25.7 Å². The normalized spacial score (nSPS) is 20.1. The summed E-state index contributed by atoms with van der Waals surface area (Å²) in [5.41, 5.74) is 1.62. The van der Waals surface area contributed by atoms with Crippen LogP contribution in [0.2, 0.25) is 0 Å². The molecule has 0 amide bonds. The number of hydrogen-bond acceptors (Lipinski definition) is 5. The van der Waals surface area contributed by atoms with E-state index in [0.29, 0.717) is 11.6 Å². The van der Waals surface area contributed by atoms with Crippen molar-refractivity contribution in [3.8, 4) is 11.5 Å². The van der Waals surface area contributed by atoms with Gasteiger partial charge in [-0.15, -0.1) is 0 Å². The van der Waals surface area contributed by atoms with Gasteiger partial charge in [0.25, 0.3) is 0 Å². The number of rotatable bonds is 2. The van der Waals surface area contributed by atoms with Gasteiger partial charge in [-0.05, 0) is 36.1 Å². The molecule has 9 heteroatoms. The van der Waals surface area contributed by atoms with Gasteiger partial charge in [0.1, 0.15) is 0 Å². The summed E-state index contributed by atoms with van der Waals surface area (Å²) in [6.45, 7) is 4.08. The zero-order valence-electron chi connectivity index (χ0n) is 13.1. The first-order valence-corrected chi connectivity index (χ1v) is 7.22. The largest absolute Gasteiger partial charge is 0.504 e. The number of aryl methyl sites for hydroxylation is 1. The number of carboxylic acid groups (broad SMARTS) is 1. The van der Waals surface area contributed by atoms with Crippen molar-refractivity contribution in [2.75, 3.05) is 0 Å². The fraction of sp³-hybridized carbons (Fsp3) is 0.533. The Labute approximate surface area is 136 Å². The molecule has 2 rings (SSSR count). The molecule has 0 radical (unpaired) electrons. The molecule has 0 spiro atoms. The molecule has 0 aromatic heterocycles. The molecule has 6 nitrogen and oxygen atoms in total. The van der Waals surface area contributed by atoms with Crippen LogP contribution in [-0.2, 0) is 11.2 Å². The lowest BCUT2D eigenvalue weighted by Gasteiger charge is -2.32. The maximum absolute atomic E-state index is 10.6. The van der Waals surface area contributed by atoms with Gasteiger partial charge in [0.05, 0.1) is 6.10 Å². The molecular formula is C15H20F3NO5. The van der Waals surface area contributed by atoms with E-state index in [-0.39, 0.29) is 17.5 Å². The molecule has 1 aliphatic carbocycles. The zero-order chi connectivity index (χ0) is 18.7. The van der Waals surface area contributed by atoms with E-state index in [0.717, 1.165) is 18.4 Å². The van der Waals surface area contributed by atoms with Crippen LogP contribution in [0.25, 0.3) is 0 Å². The van der Waals surface area contributed by atoms with E-state index < -0.39 is 18.2 Å². The molecule has 24 heavy (non-hydrogen) atoms. The second-order valence-corrected chi connectivity index (χ2v) is 5.75. The fourth-order valence-corrected chi connectivity index (χ4v) is 2.42. The SMILES string of the molecule is CC(C)N[C@H]1CCc2cc(O)c(O)cc2[C@@H]1O.O=C(O)C(F)(F)F. The molecule has 136 valence electrons. The number of phenolic OH excluding ortho intramolecular Hbond substituents is 2. The Morgan fingerprint density at radius 2 is 1.75 bits per heavy atom. The zero-order valence-corrected chi connectivity index (χ0v) is 13.1. The van der Waals surface area contributed by atoms with Crippen LogP contribution >= 0.6 is 0 Å². The molecule has 0 fully saturated rings. The third-order valence-electron chi connectivity index (χ3n) is 3.45. The van der Waals surface area contributed by atoms with Gasteiger partial charge in [0.15, 0.2) is 11.5 Å². The molecule has 2 atom stereocenters. The molecular weight excluding hydrogens is 331 g/mol. The highest BCUT2D eigenvalue weighted by Crippen LogP contribution is 2.37. The molecule has 1 aromatic rings. The van der Waals surface area contributed by atoms with Crippen molar-refractivity contribution < 1.29 is 38.4 Å². The van der Waals surface area contributed by atoms with Gasteiger partial charge in [-0.25, -0.2) is 4.79 Å². The summed E-state index contributed by atoms with van der Waals surface area (Å²) in [5, 5.41) is 39.6. The minimum Gasteiger partial charge on any atom is -0.504 e. The van der Waals surface area contributed by atoms with Gasteiger partial charge in [-0.1, -0.05) is 13.8 Å². The summed E-state index contributed by atoms with van der Waals surface area (Å²) < 4.78 is 31.7. The van der Waals surface area contributed by atoms with Gasteiger partial charge in [0, 0.05) is 12.1 Å². The van der Waals surface area contributed by atoms with Crippen molar-refractivity contribution >= 4 is 5.97 Å². The van der Waals surface area contributed by atoms with Crippen LogP contribution in [0.4, 0.5) is 13.2 Å². The Bertz CT molecular complexity index is 589. The number of nitrogens with one attached hydrogen (secondary N) is 1. The average Bonchev–Trinajstić information content (AvgIpc) is 2.44. The highest BCUT2D eigenvalue weighted by molar-refractivity contribution is 5.73. The number of aliphatic carboxylic acids is 1. The smallest absolute Gasteiger partial charge is 0.490 e. The molecule has 0 saturated carbocycles. The summed E-state index contributed by atoms with van der Waals surface area (Å²) in [6, 6.07) is 3.32. The van der Waals surface area contributed by atoms with Crippen molar-refractivity contribution in [3.63, 3.8) is 0 Å². The summed E-state index contributed by atoms with van der Waals surface area (Å²) in [7, 11) is 0. The fourth-order valence-electron chi connectivity index (χ4n) is 2.42. The maximum atomic E-state index is 10.6. The van der Waals surface area contributed by atoms with E-state index in [2.05, 4.69) is 5.32 Å². The standard InChI is InChI=1S/C13H19NO3.C2HF3O2/c1-7(2)14-10-4-3-8-5-11(15)12(16)6-9(8)13(10)17;3-2(4,5)1(6)7/h5-7,10,13-17H,3-4H2,1-2H3;(H,6,7)/t10-,13-;/m0./s1. The van der Waals surface area contributed by atoms with Crippen LogP contribution in [-0.4, -0.2) is 44.7 Å². The lowest BCUT2D eigenvalue weighted by Crippen LogP contribution is -2.41. The number of hydrogen-bond donors (Lipinski definition) is 5. The van der Waals surface area contributed by atoms with Crippen LogP contribution in [0, 0.1) is 0 Å². The first-order chi connectivity index (χ1) is 10.9. The highest BCUT2D eigenvalue weighted by Gasteiger charge is 2.38. The summed E-state index contributed by atoms with van der Waals surface area (Å²) in [6.07, 6.45) is -4.09. The number of aliphatic hydroxyl groups is 1. The molecule has 0 heterocycles. The number of halogens is 3. The number of benzene rings is 1.